The van der Waals surface area contributed by atoms with E-state index in [1.807, 2.05) is 6.07 Å². The molecule has 0 bridgehead atoms. The van der Waals surface area contributed by atoms with E-state index in [0.717, 1.165) is 0 Å². The maximum absolute atomic E-state index is 12.1. The van der Waals surface area contributed by atoms with Crippen LogP contribution >= 0.6 is 0 Å². The molecule has 0 aliphatic rings. The molecule has 0 aliphatic carbocycles. The molecule has 22 heavy (non-hydrogen) atoms. The van der Waals surface area contributed by atoms with Crippen molar-refractivity contribution < 1.29 is 9.59 Å². The molecule has 0 heterocycles. The van der Waals surface area contributed by atoms with Gasteiger partial charge in [0.1, 0.15) is 0 Å². The van der Waals surface area contributed by atoms with Crippen molar-refractivity contribution in [2.24, 2.45) is 0 Å². The molecule has 0 atom stereocenters. The van der Waals surface area contributed by atoms with Gasteiger partial charge in [-0.1, -0.05) is 6.07 Å². The van der Waals surface area contributed by atoms with Gasteiger partial charge in [-0.15, -0.1) is 0 Å². The Labute approximate surface area is 128 Å². The molecule has 2 rings (SSSR count). The van der Waals surface area contributed by atoms with Gasteiger partial charge in [0.15, 0.2) is 0 Å². The first-order chi connectivity index (χ1) is 10.5. The fourth-order valence-corrected chi connectivity index (χ4v) is 1.89. The zero-order valence-electron chi connectivity index (χ0n) is 12.3. The van der Waals surface area contributed by atoms with Crippen LogP contribution in [0.4, 0.5) is 5.69 Å². The first-order valence-corrected chi connectivity index (χ1v) is 6.64. The molecule has 5 nitrogen and oxygen atoms in total. The number of hydrogen-bond donors (Lipinski definition) is 1. The van der Waals surface area contributed by atoms with E-state index in [2.05, 4.69) is 5.32 Å². The van der Waals surface area contributed by atoms with Crippen LogP contribution in [0.3, 0.4) is 0 Å². The van der Waals surface area contributed by atoms with Crippen molar-refractivity contribution in [3.05, 3.63) is 65.2 Å². The maximum atomic E-state index is 12.1. The highest BCUT2D eigenvalue weighted by atomic mass is 16.2. The lowest BCUT2D eigenvalue weighted by molar-refractivity contribution is 0.0827. The minimum Gasteiger partial charge on any atom is -0.345 e. The molecule has 0 saturated heterocycles. The van der Waals surface area contributed by atoms with Gasteiger partial charge in [0.2, 0.25) is 0 Å². The minimum atomic E-state index is -0.293. The van der Waals surface area contributed by atoms with Gasteiger partial charge in [-0.3, -0.25) is 9.59 Å². The molecule has 0 fully saturated rings. The lowest BCUT2D eigenvalue weighted by Gasteiger charge is -2.11. The molecule has 1 N–H and O–H groups in total. The summed E-state index contributed by atoms with van der Waals surface area (Å²) in [6, 6.07) is 15.1. The lowest BCUT2D eigenvalue weighted by Crippen LogP contribution is -2.21. The molecule has 0 aliphatic heterocycles. The summed E-state index contributed by atoms with van der Waals surface area (Å²) in [7, 11) is 3.34. The highest BCUT2D eigenvalue weighted by molar-refractivity contribution is 6.05. The van der Waals surface area contributed by atoms with E-state index < -0.39 is 0 Å². The highest BCUT2D eigenvalue weighted by Gasteiger charge is 2.10. The Morgan fingerprint density at radius 2 is 1.73 bits per heavy atom. The zero-order chi connectivity index (χ0) is 16.1. The summed E-state index contributed by atoms with van der Waals surface area (Å²) >= 11 is 0. The molecular weight excluding hydrogens is 278 g/mol. The van der Waals surface area contributed by atoms with E-state index in [0.29, 0.717) is 22.4 Å². The van der Waals surface area contributed by atoms with Gasteiger partial charge >= 0.3 is 0 Å². The van der Waals surface area contributed by atoms with Gasteiger partial charge in [-0.25, -0.2) is 0 Å². The predicted molar refractivity (Wildman–Crippen MR) is 83.6 cm³/mol. The zero-order valence-corrected chi connectivity index (χ0v) is 12.3. The molecule has 2 aromatic carbocycles. The predicted octanol–water partition coefficient (Wildman–Crippen LogP) is 2.51. The van der Waals surface area contributed by atoms with E-state index >= 15 is 0 Å². The number of carbonyl (C=O) groups is 2. The minimum absolute atomic E-state index is 0.130. The topological polar surface area (TPSA) is 73.2 Å². The second-order valence-corrected chi connectivity index (χ2v) is 4.92. The van der Waals surface area contributed by atoms with Crippen LogP contribution < -0.4 is 5.32 Å². The summed E-state index contributed by atoms with van der Waals surface area (Å²) < 4.78 is 0. The summed E-state index contributed by atoms with van der Waals surface area (Å²) in [6.45, 7) is 0. The number of nitrogens with zero attached hydrogens (tertiary/aromatic N) is 2. The lowest BCUT2D eigenvalue weighted by atomic mass is 10.1. The van der Waals surface area contributed by atoms with Gasteiger partial charge in [0, 0.05) is 30.9 Å². The molecule has 0 unspecified atom stereocenters. The van der Waals surface area contributed by atoms with Gasteiger partial charge in [0.05, 0.1) is 11.6 Å². The van der Waals surface area contributed by atoms with Crippen LogP contribution in [0.5, 0.6) is 0 Å². The molecule has 0 radical (unpaired) electrons. The fourth-order valence-electron chi connectivity index (χ4n) is 1.89. The van der Waals surface area contributed by atoms with Crippen LogP contribution in [0.25, 0.3) is 0 Å². The number of amides is 2. The van der Waals surface area contributed by atoms with Crippen molar-refractivity contribution in [2.75, 3.05) is 19.4 Å². The van der Waals surface area contributed by atoms with Crippen LogP contribution in [0.15, 0.2) is 48.5 Å². The van der Waals surface area contributed by atoms with Gasteiger partial charge in [0.25, 0.3) is 11.8 Å². The van der Waals surface area contributed by atoms with Gasteiger partial charge in [-0.2, -0.15) is 5.26 Å². The fraction of sp³-hybridized carbons (Fsp3) is 0.118. The number of rotatable bonds is 3. The van der Waals surface area contributed by atoms with Crippen molar-refractivity contribution in [1.82, 2.24) is 4.90 Å². The van der Waals surface area contributed by atoms with Crippen LogP contribution in [0, 0.1) is 11.3 Å². The first-order valence-electron chi connectivity index (χ1n) is 6.64. The Balaban J connectivity index is 2.16. The Kier molecular flexibility index (Phi) is 4.54. The number of hydrogen-bond acceptors (Lipinski definition) is 3. The third kappa shape index (κ3) is 3.49. The Hall–Kier alpha value is -3.13. The molecule has 2 aromatic rings. The average Bonchev–Trinajstić information content (AvgIpc) is 2.54. The van der Waals surface area contributed by atoms with Crippen molar-refractivity contribution in [1.29, 1.82) is 5.26 Å². The maximum Gasteiger partial charge on any atom is 0.255 e. The summed E-state index contributed by atoms with van der Waals surface area (Å²) in [5.74, 6) is -0.423. The summed E-state index contributed by atoms with van der Waals surface area (Å²) in [5.41, 5.74) is 1.99. The van der Waals surface area contributed by atoms with E-state index in [9.17, 15) is 9.59 Å². The van der Waals surface area contributed by atoms with Gasteiger partial charge in [-0.05, 0) is 42.5 Å². The third-order valence-electron chi connectivity index (χ3n) is 3.05. The summed E-state index contributed by atoms with van der Waals surface area (Å²) in [5, 5.41) is 11.5. The molecular formula is C17H15N3O2. The second kappa shape index (κ2) is 6.55. The quantitative estimate of drug-likeness (QED) is 0.945. The van der Waals surface area contributed by atoms with Crippen LogP contribution in [0.1, 0.15) is 26.3 Å². The van der Waals surface area contributed by atoms with Crippen LogP contribution in [-0.4, -0.2) is 30.8 Å². The number of nitriles is 1. The SMILES string of the molecule is CN(C)C(=O)c1cccc(NC(=O)c2ccc(C#N)cc2)c1. The summed E-state index contributed by atoms with van der Waals surface area (Å²) in [6.07, 6.45) is 0. The Morgan fingerprint density at radius 1 is 1.05 bits per heavy atom. The first kappa shape index (κ1) is 15.3. The van der Waals surface area contributed by atoms with Crippen molar-refractivity contribution in [3.8, 4) is 6.07 Å². The Morgan fingerprint density at radius 3 is 2.32 bits per heavy atom. The molecule has 2 amide bonds. The largest absolute Gasteiger partial charge is 0.345 e. The second-order valence-electron chi connectivity index (χ2n) is 4.92. The van der Waals surface area contributed by atoms with Gasteiger partial charge < -0.3 is 10.2 Å². The Bertz CT molecular complexity index is 743. The molecule has 0 spiro atoms. The number of anilines is 1. The summed E-state index contributed by atoms with van der Waals surface area (Å²) in [4.78, 5) is 25.5. The third-order valence-corrected chi connectivity index (χ3v) is 3.05. The molecule has 110 valence electrons. The average molecular weight is 293 g/mol. The van der Waals surface area contributed by atoms with Crippen molar-refractivity contribution >= 4 is 17.5 Å². The number of benzene rings is 2. The molecule has 5 heteroatoms. The smallest absolute Gasteiger partial charge is 0.255 e. The van der Waals surface area contributed by atoms with E-state index in [1.54, 1.807) is 62.6 Å². The van der Waals surface area contributed by atoms with Crippen molar-refractivity contribution in [3.63, 3.8) is 0 Å². The number of nitrogens with one attached hydrogen (secondary N) is 1. The van der Waals surface area contributed by atoms with E-state index in [4.69, 9.17) is 5.26 Å². The standard InChI is InChI=1S/C17H15N3O2/c1-20(2)17(22)14-4-3-5-15(10-14)19-16(21)13-8-6-12(11-18)7-9-13/h3-10H,1-2H3,(H,19,21). The molecule has 0 saturated carbocycles. The van der Waals surface area contributed by atoms with Crippen LogP contribution in [-0.2, 0) is 0 Å². The normalized spacial score (nSPS) is 9.68. The molecule has 0 aromatic heterocycles. The van der Waals surface area contributed by atoms with E-state index in [1.165, 1.54) is 4.90 Å². The number of carbonyl (C=O) groups excluding carboxylic acids is 2. The monoisotopic (exact) mass is 293 g/mol. The van der Waals surface area contributed by atoms with E-state index in [-0.39, 0.29) is 11.8 Å². The van der Waals surface area contributed by atoms with Crippen LogP contribution in [0.2, 0.25) is 0 Å². The van der Waals surface area contributed by atoms with Crippen molar-refractivity contribution in [2.45, 2.75) is 0 Å². The highest BCUT2D eigenvalue weighted by Crippen LogP contribution is 2.14.